The normalized spacial score (nSPS) is 12.0. The third-order valence-electron chi connectivity index (χ3n) is 4.89. The lowest BCUT2D eigenvalue weighted by Crippen LogP contribution is -2.34. The number of nitrogens with zero attached hydrogens (tertiary/aromatic N) is 3. The molecule has 0 fully saturated rings. The van der Waals surface area contributed by atoms with Gasteiger partial charge in [0.05, 0.1) is 22.4 Å². The molecule has 3 aromatic rings. The molecule has 11 heteroatoms. The Morgan fingerprint density at radius 3 is 2.35 bits per heavy atom. The molecule has 0 aliphatic heterocycles. The van der Waals surface area contributed by atoms with Crippen LogP contribution in [0.15, 0.2) is 47.6 Å². The molecule has 2 N–H and O–H groups in total. The molecule has 0 radical (unpaired) electrons. The van der Waals surface area contributed by atoms with E-state index in [1.807, 2.05) is 25.3 Å². The minimum Gasteiger partial charge on any atom is -0.342 e. The summed E-state index contributed by atoms with van der Waals surface area (Å²) >= 11 is 19.4. The third-order valence-corrected chi connectivity index (χ3v) is 6.62. The molecule has 34 heavy (non-hydrogen) atoms. The van der Waals surface area contributed by atoms with Gasteiger partial charge < -0.3 is 15.2 Å². The topological polar surface area (TPSA) is 88.9 Å². The van der Waals surface area contributed by atoms with Gasteiger partial charge in [0.1, 0.15) is 0 Å². The van der Waals surface area contributed by atoms with Gasteiger partial charge in [0, 0.05) is 22.3 Å². The van der Waals surface area contributed by atoms with Gasteiger partial charge in [0.2, 0.25) is 5.91 Å². The smallest absolute Gasteiger partial charge is 0.253 e. The third kappa shape index (κ3) is 6.66. The largest absolute Gasteiger partial charge is 0.342 e. The summed E-state index contributed by atoms with van der Waals surface area (Å²) < 4.78 is 1.89. The summed E-state index contributed by atoms with van der Waals surface area (Å²) in [7, 11) is 0. The van der Waals surface area contributed by atoms with Crippen molar-refractivity contribution in [3.8, 4) is 0 Å². The summed E-state index contributed by atoms with van der Waals surface area (Å²) in [6.45, 7) is 6.50. The molecule has 1 atom stereocenters. The van der Waals surface area contributed by atoms with Gasteiger partial charge in [0.25, 0.3) is 5.91 Å². The van der Waals surface area contributed by atoms with E-state index in [0.29, 0.717) is 43.8 Å². The summed E-state index contributed by atoms with van der Waals surface area (Å²) in [6, 6.07) is 11.3. The Bertz CT molecular complexity index is 1160. The van der Waals surface area contributed by atoms with Crippen LogP contribution in [0, 0.1) is 5.92 Å². The first-order valence-corrected chi connectivity index (χ1v) is 12.7. The molecule has 0 saturated carbocycles. The van der Waals surface area contributed by atoms with Crippen LogP contribution in [0.4, 0.5) is 5.69 Å². The number of thioether (sulfide) groups is 1. The Morgan fingerprint density at radius 2 is 1.74 bits per heavy atom. The molecule has 0 spiro atoms. The Morgan fingerprint density at radius 1 is 1.06 bits per heavy atom. The van der Waals surface area contributed by atoms with Crippen molar-refractivity contribution in [3.63, 3.8) is 0 Å². The van der Waals surface area contributed by atoms with E-state index in [2.05, 4.69) is 20.8 Å². The molecule has 0 saturated heterocycles. The number of hydrogen-bond donors (Lipinski definition) is 2. The van der Waals surface area contributed by atoms with Gasteiger partial charge in [-0.3, -0.25) is 9.59 Å². The molecular formula is C23H24Cl3N5O2S. The van der Waals surface area contributed by atoms with Crippen LogP contribution in [0.3, 0.4) is 0 Å². The summed E-state index contributed by atoms with van der Waals surface area (Å²) in [6.07, 6.45) is 0. The van der Waals surface area contributed by atoms with Crippen molar-refractivity contribution in [1.82, 2.24) is 20.1 Å². The number of carbonyl (C=O) groups excluding carboxylic acids is 2. The molecule has 180 valence electrons. The summed E-state index contributed by atoms with van der Waals surface area (Å²) in [5.41, 5.74) is 0.910. The fourth-order valence-electron chi connectivity index (χ4n) is 3.28. The Balaban J connectivity index is 1.72. The summed E-state index contributed by atoms with van der Waals surface area (Å²) in [5.74, 6) is 0.240. The van der Waals surface area contributed by atoms with E-state index in [4.69, 9.17) is 34.8 Å². The highest BCUT2D eigenvalue weighted by Gasteiger charge is 2.26. The van der Waals surface area contributed by atoms with Crippen LogP contribution in [0.5, 0.6) is 0 Å². The Hall–Kier alpha value is -2.26. The molecule has 2 amide bonds. The average molecular weight is 541 g/mol. The van der Waals surface area contributed by atoms with Crippen molar-refractivity contribution in [2.24, 2.45) is 5.92 Å². The molecule has 1 aromatic heterocycles. The molecule has 0 aliphatic carbocycles. The maximum Gasteiger partial charge on any atom is 0.253 e. The van der Waals surface area contributed by atoms with Crippen molar-refractivity contribution in [1.29, 1.82) is 0 Å². The first kappa shape index (κ1) is 26.3. The van der Waals surface area contributed by atoms with Crippen LogP contribution in [0.2, 0.25) is 15.1 Å². The second-order valence-electron chi connectivity index (χ2n) is 7.76. The molecule has 1 heterocycles. The maximum atomic E-state index is 12.9. The van der Waals surface area contributed by atoms with Gasteiger partial charge in [-0.2, -0.15) is 0 Å². The predicted molar refractivity (Wildman–Crippen MR) is 138 cm³/mol. The zero-order valence-electron chi connectivity index (χ0n) is 18.8. The molecule has 7 nitrogen and oxygen atoms in total. The fraction of sp³-hybridized carbons (Fsp3) is 0.304. The lowest BCUT2D eigenvalue weighted by molar-refractivity contribution is -0.113. The second-order valence-corrected chi connectivity index (χ2v) is 9.98. The van der Waals surface area contributed by atoms with Crippen LogP contribution >= 0.6 is 46.6 Å². The summed E-state index contributed by atoms with van der Waals surface area (Å²) in [5, 5.41) is 16.2. The van der Waals surface area contributed by atoms with Crippen LogP contribution in [0.25, 0.3) is 0 Å². The SMILES string of the molecule is CCn1c(SCC(=O)Nc2cc(Cl)cc(Cl)c2)nnc1[C@@H](NC(=O)c1ccccc1Cl)C(C)C. The highest BCUT2D eigenvalue weighted by molar-refractivity contribution is 7.99. The lowest BCUT2D eigenvalue weighted by Gasteiger charge is -2.22. The van der Waals surface area contributed by atoms with Gasteiger partial charge in [0.15, 0.2) is 11.0 Å². The van der Waals surface area contributed by atoms with Gasteiger partial charge in [-0.25, -0.2) is 0 Å². The van der Waals surface area contributed by atoms with E-state index in [9.17, 15) is 9.59 Å². The van der Waals surface area contributed by atoms with E-state index in [1.165, 1.54) is 11.8 Å². The maximum absolute atomic E-state index is 12.9. The average Bonchev–Trinajstić information content (AvgIpc) is 3.17. The van der Waals surface area contributed by atoms with E-state index in [-0.39, 0.29) is 23.5 Å². The van der Waals surface area contributed by atoms with Crippen molar-refractivity contribution in [2.75, 3.05) is 11.1 Å². The predicted octanol–water partition coefficient (Wildman–Crippen LogP) is 6.12. The molecule has 0 bridgehead atoms. The van der Waals surface area contributed by atoms with Crippen molar-refractivity contribution in [2.45, 2.75) is 38.5 Å². The fourth-order valence-corrected chi connectivity index (χ4v) is 4.84. The quantitative estimate of drug-likeness (QED) is 0.319. The Labute approximate surface area is 217 Å². The molecule has 0 unspecified atom stereocenters. The van der Waals surface area contributed by atoms with Gasteiger partial charge >= 0.3 is 0 Å². The summed E-state index contributed by atoms with van der Waals surface area (Å²) in [4.78, 5) is 25.3. The van der Waals surface area contributed by atoms with Crippen LogP contribution in [-0.2, 0) is 11.3 Å². The lowest BCUT2D eigenvalue weighted by atomic mass is 10.0. The van der Waals surface area contributed by atoms with Gasteiger partial charge in [-0.05, 0) is 43.2 Å². The number of benzene rings is 2. The van der Waals surface area contributed by atoms with Crippen LogP contribution < -0.4 is 10.6 Å². The van der Waals surface area contributed by atoms with Crippen molar-refractivity contribution < 1.29 is 9.59 Å². The number of hydrogen-bond acceptors (Lipinski definition) is 5. The number of rotatable bonds is 9. The number of aromatic nitrogens is 3. The van der Waals surface area contributed by atoms with E-state index < -0.39 is 6.04 Å². The zero-order valence-corrected chi connectivity index (χ0v) is 21.9. The monoisotopic (exact) mass is 539 g/mol. The minimum atomic E-state index is -0.395. The zero-order chi connectivity index (χ0) is 24.8. The number of halogens is 3. The highest BCUT2D eigenvalue weighted by Crippen LogP contribution is 2.27. The van der Waals surface area contributed by atoms with Gasteiger partial charge in [-0.15, -0.1) is 10.2 Å². The first-order valence-electron chi connectivity index (χ1n) is 10.6. The number of anilines is 1. The van der Waals surface area contributed by atoms with Crippen LogP contribution in [-0.4, -0.2) is 32.3 Å². The first-order chi connectivity index (χ1) is 16.2. The molecular weight excluding hydrogens is 517 g/mol. The molecule has 2 aromatic carbocycles. The van der Waals surface area contributed by atoms with E-state index in [0.717, 1.165) is 0 Å². The minimum absolute atomic E-state index is 0.0367. The van der Waals surface area contributed by atoms with E-state index >= 15 is 0 Å². The van der Waals surface area contributed by atoms with Gasteiger partial charge in [-0.1, -0.05) is 72.5 Å². The van der Waals surface area contributed by atoms with E-state index in [1.54, 1.807) is 42.5 Å². The number of amides is 2. The van der Waals surface area contributed by atoms with Crippen molar-refractivity contribution in [3.05, 3.63) is 68.9 Å². The number of carbonyl (C=O) groups is 2. The highest BCUT2D eigenvalue weighted by atomic mass is 35.5. The number of nitrogens with one attached hydrogen (secondary N) is 2. The molecule has 3 rings (SSSR count). The van der Waals surface area contributed by atoms with Crippen molar-refractivity contribution >= 4 is 64.1 Å². The Kier molecular flexibility index (Phi) is 9.24. The standard InChI is InChI=1S/C23H24Cl3N5O2S/c1-4-31-21(20(13(2)3)28-22(33)17-7-5-6-8-18(17)26)29-30-23(31)34-12-19(32)27-16-10-14(24)9-15(25)11-16/h5-11,13,20H,4,12H2,1-3H3,(H,27,32)(H,28,33)/t20-/m0/s1. The second kappa shape index (κ2) is 11.9. The van der Waals surface area contributed by atoms with Crippen LogP contribution in [0.1, 0.15) is 43.0 Å². The molecule has 0 aliphatic rings.